The van der Waals surface area contributed by atoms with Crippen LogP contribution in [0.5, 0.6) is 0 Å². The molecule has 19 heavy (non-hydrogen) atoms. The highest BCUT2D eigenvalue weighted by molar-refractivity contribution is 7.99. The van der Waals surface area contributed by atoms with Crippen LogP contribution in [0, 0.1) is 0 Å². The van der Waals surface area contributed by atoms with Crippen molar-refractivity contribution in [3.63, 3.8) is 0 Å². The van der Waals surface area contributed by atoms with E-state index in [9.17, 15) is 4.79 Å². The number of carbonyl (C=O) groups excluding carboxylic acids is 1. The second-order valence-corrected chi connectivity index (χ2v) is 5.06. The molecule has 0 saturated heterocycles. The first kappa shape index (κ1) is 13.8. The first-order valence-electron chi connectivity index (χ1n) is 5.64. The standard InChI is InChI=1S/C15H12O2S2/c16-15(17-18)11-8-12-6-9-14(10-7-12)19-13-4-2-1-3-5-13/h1-11,18H/b11-8+. The van der Waals surface area contributed by atoms with Crippen LogP contribution in [-0.2, 0) is 8.98 Å². The highest BCUT2D eigenvalue weighted by Crippen LogP contribution is 2.27. The second-order valence-electron chi connectivity index (χ2n) is 3.73. The summed E-state index contributed by atoms with van der Waals surface area (Å²) < 4.78 is 4.24. The summed E-state index contributed by atoms with van der Waals surface area (Å²) in [4.78, 5) is 13.3. The van der Waals surface area contributed by atoms with Crippen LogP contribution in [0.25, 0.3) is 6.08 Å². The van der Waals surface area contributed by atoms with Crippen molar-refractivity contribution in [2.24, 2.45) is 0 Å². The van der Waals surface area contributed by atoms with Gasteiger partial charge in [-0.1, -0.05) is 42.1 Å². The van der Waals surface area contributed by atoms with E-state index in [0.717, 1.165) is 10.5 Å². The maximum atomic E-state index is 10.9. The molecule has 0 saturated carbocycles. The van der Waals surface area contributed by atoms with Gasteiger partial charge in [-0.2, -0.15) is 0 Å². The summed E-state index contributed by atoms with van der Waals surface area (Å²) in [6, 6.07) is 18.1. The van der Waals surface area contributed by atoms with Gasteiger partial charge >= 0.3 is 5.97 Å². The molecule has 0 heterocycles. The van der Waals surface area contributed by atoms with Crippen molar-refractivity contribution in [2.75, 3.05) is 0 Å². The molecule has 0 spiro atoms. The van der Waals surface area contributed by atoms with Crippen molar-refractivity contribution in [1.82, 2.24) is 0 Å². The highest BCUT2D eigenvalue weighted by Gasteiger charge is 1.97. The minimum atomic E-state index is -0.480. The van der Waals surface area contributed by atoms with E-state index in [1.807, 2.05) is 42.5 Å². The fourth-order valence-corrected chi connectivity index (χ4v) is 2.36. The van der Waals surface area contributed by atoms with Gasteiger partial charge < -0.3 is 4.18 Å². The smallest absolute Gasteiger partial charge is 0.342 e. The Morgan fingerprint density at radius 2 is 1.63 bits per heavy atom. The van der Waals surface area contributed by atoms with Crippen LogP contribution >= 0.6 is 24.7 Å². The Bertz CT molecular complexity index is 562. The molecule has 0 radical (unpaired) electrons. The van der Waals surface area contributed by atoms with E-state index in [0.29, 0.717) is 0 Å². The van der Waals surface area contributed by atoms with Crippen LogP contribution in [0.1, 0.15) is 5.56 Å². The van der Waals surface area contributed by atoms with Crippen molar-refractivity contribution in [3.8, 4) is 0 Å². The molecule has 0 aromatic heterocycles. The quantitative estimate of drug-likeness (QED) is 0.518. The Balaban J connectivity index is 2.03. The molecule has 96 valence electrons. The zero-order valence-corrected chi connectivity index (χ0v) is 11.7. The van der Waals surface area contributed by atoms with Crippen molar-refractivity contribution < 1.29 is 8.98 Å². The number of thiol groups is 1. The van der Waals surface area contributed by atoms with Gasteiger partial charge in [-0.05, 0) is 35.9 Å². The Morgan fingerprint density at radius 1 is 1.00 bits per heavy atom. The Labute approximate surface area is 122 Å². The van der Waals surface area contributed by atoms with Gasteiger partial charge in [-0.25, -0.2) is 4.79 Å². The normalized spacial score (nSPS) is 10.6. The number of hydrogen-bond donors (Lipinski definition) is 1. The van der Waals surface area contributed by atoms with Crippen molar-refractivity contribution >= 4 is 36.7 Å². The fourth-order valence-electron chi connectivity index (χ4n) is 1.47. The molecule has 2 nitrogen and oxygen atoms in total. The van der Waals surface area contributed by atoms with Crippen LogP contribution in [0.15, 0.2) is 70.5 Å². The molecule has 2 aromatic carbocycles. The minimum absolute atomic E-state index is 0.480. The van der Waals surface area contributed by atoms with E-state index in [-0.39, 0.29) is 0 Å². The number of benzene rings is 2. The van der Waals surface area contributed by atoms with Crippen LogP contribution in [0.4, 0.5) is 0 Å². The molecule has 0 amide bonds. The lowest BCUT2D eigenvalue weighted by Gasteiger charge is -2.01. The summed E-state index contributed by atoms with van der Waals surface area (Å²) in [5, 5.41) is 0. The molecule has 0 aliphatic carbocycles. The van der Waals surface area contributed by atoms with E-state index in [2.05, 4.69) is 29.2 Å². The number of carbonyl (C=O) groups is 1. The molecule has 0 unspecified atom stereocenters. The molecule has 0 atom stereocenters. The lowest BCUT2D eigenvalue weighted by molar-refractivity contribution is -0.127. The SMILES string of the molecule is O=C(/C=C/c1ccc(Sc2ccccc2)cc1)OS. The van der Waals surface area contributed by atoms with Gasteiger partial charge in [0.05, 0.1) is 0 Å². The van der Waals surface area contributed by atoms with E-state index >= 15 is 0 Å². The minimum Gasteiger partial charge on any atom is -0.391 e. The monoisotopic (exact) mass is 288 g/mol. The molecule has 0 fully saturated rings. The molecule has 0 aliphatic heterocycles. The molecule has 2 rings (SSSR count). The maximum absolute atomic E-state index is 10.9. The van der Waals surface area contributed by atoms with Crippen molar-refractivity contribution in [1.29, 1.82) is 0 Å². The average molecular weight is 288 g/mol. The third-order valence-electron chi connectivity index (χ3n) is 2.36. The Kier molecular flexibility index (Phi) is 5.12. The summed E-state index contributed by atoms with van der Waals surface area (Å²) in [5.74, 6) is -0.480. The summed E-state index contributed by atoms with van der Waals surface area (Å²) >= 11 is 5.13. The molecule has 0 bridgehead atoms. The van der Waals surface area contributed by atoms with Gasteiger partial charge in [-0.3, -0.25) is 0 Å². The van der Waals surface area contributed by atoms with Gasteiger partial charge in [0.1, 0.15) is 0 Å². The molecular weight excluding hydrogens is 276 g/mol. The van der Waals surface area contributed by atoms with Gasteiger partial charge in [-0.15, -0.1) is 0 Å². The second kappa shape index (κ2) is 7.07. The molecule has 0 aliphatic rings. The van der Waals surface area contributed by atoms with E-state index in [1.165, 1.54) is 11.0 Å². The van der Waals surface area contributed by atoms with E-state index < -0.39 is 5.97 Å². The van der Waals surface area contributed by atoms with E-state index in [4.69, 9.17) is 0 Å². The third kappa shape index (κ3) is 4.50. The van der Waals surface area contributed by atoms with Crippen LogP contribution in [0.2, 0.25) is 0 Å². The summed E-state index contributed by atoms with van der Waals surface area (Å²) in [6.07, 6.45) is 3.03. The van der Waals surface area contributed by atoms with Crippen molar-refractivity contribution in [3.05, 3.63) is 66.2 Å². The zero-order chi connectivity index (χ0) is 13.5. The molecule has 2 aromatic rings. The van der Waals surface area contributed by atoms with Crippen LogP contribution in [-0.4, -0.2) is 5.97 Å². The van der Waals surface area contributed by atoms with E-state index in [1.54, 1.807) is 17.8 Å². The topological polar surface area (TPSA) is 26.3 Å². The first-order valence-corrected chi connectivity index (χ1v) is 6.82. The van der Waals surface area contributed by atoms with Gasteiger partial charge in [0.2, 0.25) is 0 Å². The molecule has 0 N–H and O–H groups in total. The maximum Gasteiger partial charge on any atom is 0.342 e. The fraction of sp³-hybridized carbons (Fsp3) is 0. The number of hydrogen-bond acceptors (Lipinski definition) is 4. The highest BCUT2D eigenvalue weighted by atomic mass is 32.2. The predicted octanol–water partition coefficient (Wildman–Crippen LogP) is 4.24. The average Bonchev–Trinajstić information content (AvgIpc) is 2.47. The summed E-state index contributed by atoms with van der Waals surface area (Å²) in [7, 11) is 0. The molecule has 4 heteroatoms. The number of rotatable bonds is 4. The lowest BCUT2D eigenvalue weighted by Crippen LogP contribution is -1.88. The largest absolute Gasteiger partial charge is 0.391 e. The first-order chi connectivity index (χ1) is 9.28. The predicted molar refractivity (Wildman–Crippen MR) is 81.1 cm³/mol. The zero-order valence-electron chi connectivity index (χ0n) is 10.0. The Hall–Kier alpha value is -1.65. The lowest BCUT2D eigenvalue weighted by atomic mass is 10.2. The van der Waals surface area contributed by atoms with Gasteiger partial charge in [0, 0.05) is 28.8 Å². The van der Waals surface area contributed by atoms with Crippen LogP contribution < -0.4 is 0 Å². The van der Waals surface area contributed by atoms with Crippen molar-refractivity contribution in [2.45, 2.75) is 9.79 Å². The Morgan fingerprint density at radius 3 is 2.26 bits per heavy atom. The van der Waals surface area contributed by atoms with Gasteiger partial charge in [0.15, 0.2) is 0 Å². The third-order valence-corrected chi connectivity index (χ3v) is 3.56. The summed E-state index contributed by atoms with van der Waals surface area (Å²) in [6.45, 7) is 0. The van der Waals surface area contributed by atoms with Gasteiger partial charge in [0.25, 0.3) is 0 Å². The van der Waals surface area contributed by atoms with Crippen LogP contribution in [0.3, 0.4) is 0 Å². The summed E-state index contributed by atoms with van der Waals surface area (Å²) in [5.41, 5.74) is 0.941. The molecular formula is C15H12O2S2.